The lowest BCUT2D eigenvalue weighted by Crippen LogP contribution is -2.30. The number of aryl methyl sites for hydroxylation is 1. The van der Waals surface area contributed by atoms with Gasteiger partial charge in [-0.1, -0.05) is 31.6 Å². The molecule has 1 aromatic heterocycles. The van der Waals surface area contributed by atoms with Crippen molar-refractivity contribution in [2.24, 2.45) is 11.8 Å². The molecule has 0 aromatic carbocycles. The largest absolute Gasteiger partial charge is 0.384 e. The molecular weight excluding hydrogens is 282 g/mol. The first-order valence-electron chi connectivity index (χ1n) is 7.58. The Morgan fingerprint density at radius 1 is 1.43 bits per heavy atom. The highest BCUT2D eigenvalue weighted by Crippen LogP contribution is 2.28. The molecule has 0 saturated heterocycles. The average Bonchev–Trinajstić information content (AvgIpc) is 2.85. The molecule has 0 unspecified atom stereocenters. The van der Waals surface area contributed by atoms with E-state index >= 15 is 0 Å². The third kappa shape index (κ3) is 4.59. The fourth-order valence-electron chi connectivity index (χ4n) is 2.70. The molecule has 1 saturated carbocycles. The molecule has 1 aliphatic rings. The van der Waals surface area contributed by atoms with Crippen LogP contribution >= 0.6 is 11.3 Å². The Balaban J connectivity index is 1.88. The van der Waals surface area contributed by atoms with E-state index < -0.39 is 0 Å². The number of aliphatic hydroxyl groups excluding tert-OH is 1. The lowest BCUT2D eigenvalue weighted by Gasteiger charge is -2.26. The van der Waals surface area contributed by atoms with Gasteiger partial charge < -0.3 is 10.4 Å². The molecule has 1 aliphatic carbocycles. The lowest BCUT2D eigenvalue weighted by molar-refractivity contribution is 0.0946. The number of hydrogen-bond acceptors (Lipinski definition) is 3. The van der Waals surface area contributed by atoms with E-state index in [1.54, 1.807) is 0 Å². The first kappa shape index (κ1) is 16.1. The van der Waals surface area contributed by atoms with Gasteiger partial charge in [0.25, 0.3) is 5.91 Å². The molecule has 2 rings (SSSR count). The van der Waals surface area contributed by atoms with Crippen LogP contribution < -0.4 is 5.32 Å². The van der Waals surface area contributed by atoms with Crippen molar-refractivity contribution in [3.8, 4) is 11.8 Å². The highest BCUT2D eigenvalue weighted by Gasteiger charge is 2.19. The molecule has 1 fully saturated rings. The molecule has 0 atom stereocenters. The standard InChI is InChI=1S/C17H23NO2S/c1-12-5-7-14(8-6-12)11-18-17(20)16-10-13(2)15(21-16)4-3-9-19/h10,12,14,19H,5-9,11H2,1-2H3,(H,18,20). The number of carbonyl (C=O) groups excluding carboxylic acids is 1. The van der Waals surface area contributed by atoms with Gasteiger partial charge in [0.05, 0.1) is 9.75 Å². The van der Waals surface area contributed by atoms with Gasteiger partial charge in [-0.3, -0.25) is 4.79 Å². The maximum atomic E-state index is 12.2. The minimum absolute atomic E-state index is 0.00114. The zero-order chi connectivity index (χ0) is 15.2. The third-order valence-corrected chi connectivity index (χ3v) is 5.26. The van der Waals surface area contributed by atoms with E-state index in [4.69, 9.17) is 5.11 Å². The molecule has 0 aliphatic heterocycles. The van der Waals surface area contributed by atoms with Crippen molar-refractivity contribution in [2.45, 2.75) is 39.5 Å². The number of hydrogen-bond donors (Lipinski definition) is 2. The van der Waals surface area contributed by atoms with Gasteiger partial charge in [0.2, 0.25) is 0 Å². The topological polar surface area (TPSA) is 49.3 Å². The molecular formula is C17H23NO2S. The maximum Gasteiger partial charge on any atom is 0.261 e. The van der Waals surface area contributed by atoms with Crippen LogP contribution in [0.5, 0.6) is 0 Å². The van der Waals surface area contributed by atoms with Crippen molar-refractivity contribution in [2.75, 3.05) is 13.2 Å². The molecule has 0 spiro atoms. The Labute approximate surface area is 130 Å². The number of carbonyl (C=O) groups is 1. The number of amides is 1. The second-order valence-electron chi connectivity index (χ2n) is 5.92. The van der Waals surface area contributed by atoms with Crippen molar-refractivity contribution in [3.63, 3.8) is 0 Å². The van der Waals surface area contributed by atoms with E-state index in [9.17, 15) is 4.79 Å². The zero-order valence-electron chi connectivity index (χ0n) is 12.7. The van der Waals surface area contributed by atoms with E-state index in [0.717, 1.165) is 22.9 Å². The third-order valence-electron chi connectivity index (χ3n) is 4.11. The molecule has 0 radical (unpaired) electrons. The van der Waals surface area contributed by atoms with Crippen molar-refractivity contribution in [1.82, 2.24) is 5.32 Å². The molecule has 1 aromatic rings. The summed E-state index contributed by atoms with van der Waals surface area (Å²) in [5.74, 6) is 6.98. The Kier molecular flexibility index (Phi) is 5.84. The van der Waals surface area contributed by atoms with E-state index in [1.807, 2.05) is 13.0 Å². The maximum absolute atomic E-state index is 12.2. The van der Waals surface area contributed by atoms with Crippen LogP contribution in [0.25, 0.3) is 0 Å². The molecule has 2 N–H and O–H groups in total. The van der Waals surface area contributed by atoms with Gasteiger partial charge in [-0.15, -0.1) is 11.3 Å². The highest BCUT2D eigenvalue weighted by atomic mass is 32.1. The highest BCUT2D eigenvalue weighted by molar-refractivity contribution is 7.14. The van der Waals surface area contributed by atoms with Gasteiger partial charge in [-0.25, -0.2) is 0 Å². The van der Waals surface area contributed by atoms with Crippen LogP contribution in [0.4, 0.5) is 0 Å². The van der Waals surface area contributed by atoms with Gasteiger partial charge in [-0.2, -0.15) is 0 Å². The summed E-state index contributed by atoms with van der Waals surface area (Å²) in [5, 5.41) is 11.8. The van der Waals surface area contributed by atoms with Crippen LogP contribution in [-0.4, -0.2) is 24.2 Å². The molecule has 21 heavy (non-hydrogen) atoms. The van der Waals surface area contributed by atoms with Crippen molar-refractivity contribution in [1.29, 1.82) is 0 Å². The monoisotopic (exact) mass is 305 g/mol. The summed E-state index contributed by atoms with van der Waals surface area (Å²) in [7, 11) is 0. The van der Waals surface area contributed by atoms with E-state index in [1.165, 1.54) is 37.0 Å². The van der Waals surface area contributed by atoms with Gasteiger partial charge in [0.15, 0.2) is 0 Å². The first-order valence-corrected chi connectivity index (χ1v) is 8.40. The number of rotatable bonds is 3. The SMILES string of the molecule is Cc1cc(C(=O)NCC2CCC(C)CC2)sc1C#CCO. The van der Waals surface area contributed by atoms with Crippen LogP contribution in [0.1, 0.15) is 52.7 Å². The number of nitrogens with one attached hydrogen (secondary N) is 1. The molecule has 3 nitrogen and oxygen atoms in total. The minimum Gasteiger partial charge on any atom is -0.384 e. The average molecular weight is 305 g/mol. The summed E-state index contributed by atoms with van der Waals surface area (Å²) < 4.78 is 0. The lowest BCUT2D eigenvalue weighted by atomic mass is 9.83. The fourth-order valence-corrected chi connectivity index (χ4v) is 3.66. The smallest absolute Gasteiger partial charge is 0.261 e. The molecule has 1 heterocycles. The quantitative estimate of drug-likeness (QED) is 0.844. The van der Waals surface area contributed by atoms with Gasteiger partial charge >= 0.3 is 0 Å². The van der Waals surface area contributed by atoms with Crippen LogP contribution in [0.15, 0.2) is 6.07 Å². The van der Waals surface area contributed by atoms with E-state index in [-0.39, 0.29) is 12.5 Å². The predicted molar refractivity (Wildman–Crippen MR) is 86.5 cm³/mol. The Bertz CT molecular complexity index is 545. The minimum atomic E-state index is -0.154. The summed E-state index contributed by atoms with van der Waals surface area (Å²) in [4.78, 5) is 13.8. The van der Waals surface area contributed by atoms with Crippen molar-refractivity contribution in [3.05, 3.63) is 21.4 Å². The van der Waals surface area contributed by atoms with Crippen LogP contribution in [0, 0.1) is 30.6 Å². The van der Waals surface area contributed by atoms with E-state index in [0.29, 0.717) is 10.8 Å². The first-order chi connectivity index (χ1) is 10.1. The number of aliphatic hydroxyl groups is 1. The van der Waals surface area contributed by atoms with Gasteiger partial charge in [0.1, 0.15) is 6.61 Å². The van der Waals surface area contributed by atoms with Crippen LogP contribution in [-0.2, 0) is 0 Å². The van der Waals surface area contributed by atoms with Crippen LogP contribution in [0.2, 0.25) is 0 Å². The molecule has 4 heteroatoms. The van der Waals surface area contributed by atoms with Gasteiger partial charge in [0, 0.05) is 6.54 Å². The molecule has 114 valence electrons. The predicted octanol–water partition coefficient (Wildman–Crippen LogP) is 2.96. The van der Waals surface area contributed by atoms with Crippen molar-refractivity contribution < 1.29 is 9.90 Å². The Morgan fingerprint density at radius 2 is 2.14 bits per heavy atom. The molecule has 1 amide bonds. The zero-order valence-corrected chi connectivity index (χ0v) is 13.6. The Hall–Kier alpha value is -1.31. The summed E-state index contributed by atoms with van der Waals surface area (Å²) in [6.07, 6.45) is 5.00. The Morgan fingerprint density at radius 3 is 2.81 bits per heavy atom. The van der Waals surface area contributed by atoms with Crippen LogP contribution in [0.3, 0.4) is 0 Å². The summed E-state index contributed by atoms with van der Waals surface area (Å²) in [6, 6.07) is 1.88. The second-order valence-corrected chi connectivity index (χ2v) is 6.97. The normalized spacial score (nSPS) is 21.5. The summed E-state index contributed by atoms with van der Waals surface area (Å²) in [5.41, 5.74) is 0.998. The summed E-state index contributed by atoms with van der Waals surface area (Å²) in [6.45, 7) is 4.87. The van der Waals surface area contributed by atoms with Crippen molar-refractivity contribution >= 4 is 17.2 Å². The molecule has 0 bridgehead atoms. The second kappa shape index (κ2) is 7.63. The number of thiophene rings is 1. The van der Waals surface area contributed by atoms with E-state index in [2.05, 4.69) is 24.1 Å². The fraction of sp³-hybridized carbons (Fsp3) is 0.588. The van der Waals surface area contributed by atoms with Gasteiger partial charge in [-0.05, 0) is 43.2 Å². The summed E-state index contributed by atoms with van der Waals surface area (Å²) >= 11 is 1.40.